The van der Waals surface area contributed by atoms with Crippen LogP contribution in [0.25, 0.3) is 5.69 Å². The van der Waals surface area contributed by atoms with Gasteiger partial charge >= 0.3 is 0 Å². The van der Waals surface area contributed by atoms with Gasteiger partial charge in [-0.25, -0.2) is 4.68 Å². The Morgan fingerprint density at radius 3 is 2.35 bits per heavy atom. The quantitative estimate of drug-likeness (QED) is 0.534. The molecule has 0 spiro atoms. The van der Waals surface area contributed by atoms with Gasteiger partial charge in [-0.2, -0.15) is 5.10 Å². The number of anilines is 1. The van der Waals surface area contributed by atoms with Gasteiger partial charge < -0.3 is 15.0 Å². The highest BCUT2D eigenvalue weighted by molar-refractivity contribution is 5.94. The number of rotatable bonds is 8. The molecule has 0 unspecified atom stereocenters. The summed E-state index contributed by atoms with van der Waals surface area (Å²) >= 11 is 0. The second-order valence-corrected chi connectivity index (χ2v) is 9.34. The van der Waals surface area contributed by atoms with Gasteiger partial charge in [-0.3, -0.25) is 9.59 Å². The summed E-state index contributed by atoms with van der Waals surface area (Å²) in [4.78, 5) is 27.4. The topological polar surface area (TPSA) is 76.5 Å². The van der Waals surface area contributed by atoms with E-state index in [1.807, 2.05) is 68.4 Å². The number of aromatic nitrogens is 2. The molecule has 2 amide bonds. The molecule has 1 aromatic heterocycles. The van der Waals surface area contributed by atoms with E-state index in [-0.39, 0.29) is 30.2 Å². The minimum absolute atomic E-state index is 0.0324. The van der Waals surface area contributed by atoms with Crippen LogP contribution in [0.3, 0.4) is 0 Å². The van der Waals surface area contributed by atoms with Gasteiger partial charge in [0.2, 0.25) is 11.8 Å². The molecule has 1 N–H and O–H groups in total. The normalized spacial score (nSPS) is 11.2. The van der Waals surface area contributed by atoms with Crippen molar-refractivity contribution < 1.29 is 14.3 Å². The lowest BCUT2D eigenvalue weighted by Crippen LogP contribution is -2.39. The number of para-hydroxylation sites is 1. The molecular weight excluding hydrogens is 428 g/mol. The summed E-state index contributed by atoms with van der Waals surface area (Å²) in [6.07, 6.45) is 0.223. The molecule has 0 bridgehead atoms. The molecule has 3 rings (SSSR count). The lowest BCUT2D eigenvalue weighted by atomic mass is 9.92. The molecule has 1 heterocycles. The number of benzene rings is 2. The molecule has 0 aliphatic carbocycles. The Morgan fingerprint density at radius 2 is 1.76 bits per heavy atom. The number of hydrogen-bond acceptors (Lipinski definition) is 4. The minimum Gasteiger partial charge on any atom is -0.497 e. The average Bonchev–Trinajstić information content (AvgIpc) is 3.22. The van der Waals surface area contributed by atoms with Gasteiger partial charge in [0.1, 0.15) is 11.6 Å². The number of ether oxygens (including phenoxy) is 1. The van der Waals surface area contributed by atoms with Crippen molar-refractivity contribution in [1.82, 2.24) is 14.7 Å². The van der Waals surface area contributed by atoms with E-state index in [1.165, 1.54) is 0 Å². The van der Waals surface area contributed by atoms with Gasteiger partial charge in [0, 0.05) is 18.0 Å². The van der Waals surface area contributed by atoms with Gasteiger partial charge in [-0.05, 0) is 43.2 Å². The fourth-order valence-corrected chi connectivity index (χ4v) is 3.58. The van der Waals surface area contributed by atoms with Crippen molar-refractivity contribution in [3.8, 4) is 11.4 Å². The van der Waals surface area contributed by atoms with Crippen molar-refractivity contribution in [1.29, 1.82) is 0 Å². The van der Waals surface area contributed by atoms with Crippen LogP contribution >= 0.6 is 0 Å². The van der Waals surface area contributed by atoms with Crippen molar-refractivity contribution in [2.75, 3.05) is 25.5 Å². The summed E-state index contributed by atoms with van der Waals surface area (Å²) < 4.78 is 6.94. The van der Waals surface area contributed by atoms with Crippen LogP contribution < -0.4 is 10.1 Å². The number of nitrogens with zero attached hydrogens (tertiary/aromatic N) is 3. The zero-order chi connectivity index (χ0) is 24.9. The Morgan fingerprint density at radius 1 is 1.09 bits per heavy atom. The standard InChI is InChI=1S/C27H34N4O3/c1-7-30(26(33)16-20-12-14-21(34-6)15-13-20)18-25(32)28-24-17-23(27(3,4)5)29-31(24)22-11-9-8-10-19(22)2/h8-15,17H,7,16,18H2,1-6H3,(H,28,32). The van der Waals surface area contributed by atoms with Crippen molar-refractivity contribution in [3.63, 3.8) is 0 Å². The highest BCUT2D eigenvalue weighted by Crippen LogP contribution is 2.27. The molecule has 7 heteroatoms. The first-order chi connectivity index (χ1) is 16.1. The van der Waals surface area contributed by atoms with Gasteiger partial charge in [0.05, 0.1) is 31.5 Å². The van der Waals surface area contributed by atoms with E-state index in [4.69, 9.17) is 9.84 Å². The molecule has 7 nitrogen and oxygen atoms in total. The Hall–Kier alpha value is -3.61. The summed E-state index contributed by atoms with van der Waals surface area (Å²) in [5.41, 5.74) is 3.51. The molecule has 0 radical (unpaired) electrons. The number of methoxy groups -OCH3 is 1. The van der Waals surface area contributed by atoms with Gasteiger partial charge in [-0.15, -0.1) is 0 Å². The molecule has 0 saturated heterocycles. The van der Waals surface area contributed by atoms with E-state index in [0.29, 0.717) is 12.4 Å². The Bertz CT molecular complexity index is 1140. The van der Waals surface area contributed by atoms with Crippen LogP contribution in [0.2, 0.25) is 0 Å². The van der Waals surface area contributed by atoms with Crippen LogP contribution in [0.5, 0.6) is 5.75 Å². The van der Waals surface area contributed by atoms with Crippen LogP contribution in [0, 0.1) is 6.92 Å². The van der Waals surface area contributed by atoms with Crippen LogP contribution in [-0.4, -0.2) is 46.7 Å². The summed E-state index contributed by atoms with van der Waals surface area (Å²) in [7, 11) is 1.60. The first-order valence-corrected chi connectivity index (χ1v) is 11.5. The van der Waals surface area contributed by atoms with Crippen LogP contribution in [0.4, 0.5) is 5.82 Å². The molecular formula is C27H34N4O3. The molecule has 0 aliphatic rings. The molecule has 0 aliphatic heterocycles. The number of aryl methyl sites for hydroxylation is 1. The first kappa shape index (κ1) is 25.0. The third-order valence-electron chi connectivity index (χ3n) is 5.67. The number of carbonyl (C=O) groups excluding carboxylic acids is 2. The van der Waals surface area contributed by atoms with Crippen molar-refractivity contribution >= 4 is 17.6 Å². The fourth-order valence-electron chi connectivity index (χ4n) is 3.58. The van der Waals surface area contributed by atoms with Crippen LogP contribution in [-0.2, 0) is 21.4 Å². The maximum atomic E-state index is 13.0. The summed E-state index contributed by atoms with van der Waals surface area (Å²) in [6.45, 7) is 10.5. The molecule has 34 heavy (non-hydrogen) atoms. The number of likely N-dealkylation sites (N-methyl/N-ethyl adjacent to an activating group) is 1. The average molecular weight is 463 g/mol. The predicted molar refractivity (Wildman–Crippen MR) is 135 cm³/mol. The third kappa shape index (κ3) is 6.04. The van der Waals surface area contributed by atoms with E-state index in [1.54, 1.807) is 16.7 Å². The molecule has 0 atom stereocenters. The fraction of sp³-hybridized carbons (Fsp3) is 0.370. The lowest BCUT2D eigenvalue weighted by Gasteiger charge is -2.21. The van der Waals surface area contributed by atoms with E-state index in [2.05, 4.69) is 26.1 Å². The van der Waals surface area contributed by atoms with Gasteiger partial charge in [0.15, 0.2) is 0 Å². The number of hydrogen-bond donors (Lipinski definition) is 1. The maximum Gasteiger partial charge on any atom is 0.245 e. The lowest BCUT2D eigenvalue weighted by molar-refractivity contribution is -0.133. The number of amides is 2. The monoisotopic (exact) mass is 462 g/mol. The molecule has 3 aromatic rings. The zero-order valence-electron chi connectivity index (χ0n) is 20.9. The number of nitrogens with one attached hydrogen (secondary N) is 1. The van der Waals surface area contributed by atoms with Crippen molar-refractivity contribution in [2.45, 2.75) is 46.5 Å². The largest absolute Gasteiger partial charge is 0.497 e. The number of carbonyl (C=O) groups is 2. The molecule has 0 saturated carbocycles. The van der Waals surface area contributed by atoms with E-state index >= 15 is 0 Å². The first-order valence-electron chi connectivity index (χ1n) is 11.5. The molecule has 0 fully saturated rings. The Labute approximate surface area is 201 Å². The third-order valence-corrected chi connectivity index (χ3v) is 5.67. The Balaban J connectivity index is 1.76. The van der Waals surface area contributed by atoms with Gasteiger partial charge in [0.25, 0.3) is 0 Å². The summed E-state index contributed by atoms with van der Waals surface area (Å²) in [6, 6.07) is 17.2. The summed E-state index contributed by atoms with van der Waals surface area (Å²) in [5.74, 6) is 0.955. The van der Waals surface area contributed by atoms with E-state index in [0.717, 1.165) is 28.3 Å². The predicted octanol–water partition coefficient (Wildman–Crippen LogP) is 4.52. The minimum atomic E-state index is -0.264. The SMILES string of the molecule is CCN(CC(=O)Nc1cc(C(C)(C)C)nn1-c1ccccc1C)C(=O)Cc1ccc(OC)cc1. The second kappa shape index (κ2) is 10.5. The van der Waals surface area contributed by atoms with Crippen LogP contribution in [0.15, 0.2) is 54.6 Å². The molecule has 2 aromatic carbocycles. The van der Waals surface area contributed by atoms with E-state index in [9.17, 15) is 9.59 Å². The van der Waals surface area contributed by atoms with Crippen LogP contribution in [0.1, 0.15) is 44.5 Å². The van der Waals surface area contributed by atoms with Gasteiger partial charge in [-0.1, -0.05) is 51.1 Å². The maximum absolute atomic E-state index is 13.0. The smallest absolute Gasteiger partial charge is 0.245 e. The summed E-state index contributed by atoms with van der Waals surface area (Å²) in [5, 5.41) is 7.76. The van der Waals surface area contributed by atoms with Crippen molar-refractivity contribution in [3.05, 3.63) is 71.4 Å². The Kier molecular flexibility index (Phi) is 7.76. The van der Waals surface area contributed by atoms with Crippen molar-refractivity contribution in [2.24, 2.45) is 0 Å². The highest BCUT2D eigenvalue weighted by atomic mass is 16.5. The van der Waals surface area contributed by atoms with E-state index < -0.39 is 0 Å². The second-order valence-electron chi connectivity index (χ2n) is 9.34. The zero-order valence-corrected chi connectivity index (χ0v) is 20.9. The highest BCUT2D eigenvalue weighted by Gasteiger charge is 2.23. The molecule has 180 valence electrons.